The number of hydrogen-bond donors (Lipinski definition) is 1. The third-order valence-corrected chi connectivity index (χ3v) is 4.54. The Morgan fingerprint density at radius 1 is 1.03 bits per heavy atom. The molecular formula is C19H18F4N4O3. The number of para-hydroxylation sites is 1. The van der Waals surface area contributed by atoms with Gasteiger partial charge < -0.3 is 20.3 Å². The monoisotopic (exact) mass is 426 g/mol. The zero-order valence-electron chi connectivity index (χ0n) is 15.6. The Labute approximate surface area is 169 Å². The van der Waals surface area contributed by atoms with Crippen LogP contribution in [0, 0.1) is 0 Å². The molecule has 0 saturated carbocycles. The van der Waals surface area contributed by atoms with Gasteiger partial charge >= 0.3 is 12.5 Å². The number of piperazine rings is 1. The summed E-state index contributed by atoms with van der Waals surface area (Å²) in [5, 5.41) is 0. The molecule has 2 heterocycles. The molecule has 3 rings (SSSR count). The van der Waals surface area contributed by atoms with E-state index >= 15 is 0 Å². The van der Waals surface area contributed by atoms with Gasteiger partial charge in [0.05, 0.1) is 11.1 Å². The molecule has 1 aliphatic heterocycles. The quantitative estimate of drug-likeness (QED) is 0.717. The van der Waals surface area contributed by atoms with Crippen LogP contribution in [0.25, 0.3) is 0 Å². The second-order valence-corrected chi connectivity index (χ2v) is 6.48. The first-order valence-corrected chi connectivity index (χ1v) is 8.93. The molecule has 2 N–H and O–H groups in total. The smallest absolute Gasteiger partial charge is 0.427 e. The van der Waals surface area contributed by atoms with E-state index in [0.29, 0.717) is 18.9 Å². The molecule has 0 atom stereocenters. The first kappa shape index (κ1) is 21.3. The third-order valence-electron chi connectivity index (χ3n) is 4.54. The number of hydrogen-bond acceptors (Lipinski definition) is 5. The first-order chi connectivity index (χ1) is 14.2. The van der Waals surface area contributed by atoms with Crippen LogP contribution in [0.4, 0.5) is 23.4 Å². The number of halogens is 4. The number of aromatic nitrogens is 1. The Bertz CT molecular complexity index is 934. The van der Waals surface area contributed by atoms with Crippen LogP contribution < -0.4 is 15.4 Å². The van der Waals surface area contributed by atoms with Crippen LogP contribution in [-0.2, 0) is 0 Å². The maximum Gasteiger partial charge on any atom is 0.461 e. The van der Waals surface area contributed by atoms with E-state index in [4.69, 9.17) is 5.73 Å². The van der Waals surface area contributed by atoms with Crippen LogP contribution >= 0.6 is 0 Å². The van der Waals surface area contributed by atoms with Crippen molar-refractivity contribution in [1.82, 2.24) is 9.88 Å². The number of carbonyl (C=O) groups is 2. The number of amides is 2. The Kier molecular flexibility index (Phi) is 6.09. The van der Waals surface area contributed by atoms with Crippen LogP contribution in [0.3, 0.4) is 0 Å². The van der Waals surface area contributed by atoms with Gasteiger partial charge in [0.1, 0.15) is 11.6 Å². The molecule has 30 heavy (non-hydrogen) atoms. The molecule has 0 aliphatic carbocycles. The van der Waals surface area contributed by atoms with Gasteiger partial charge in [0.25, 0.3) is 11.8 Å². The highest BCUT2D eigenvalue weighted by Gasteiger charge is 2.44. The van der Waals surface area contributed by atoms with Crippen molar-refractivity contribution < 1.29 is 31.9 Å². The molecule has 2 amide bonds. The summed E-state index contributed by atoms with van der Waals surface area (Å²) in [4.78, 5) is 31.7. The van der Waals surface area contributed by atoms with Gasteiger partial charge in [-0.15, -0.1) is 0 Å². The van der Waals surface area contributed by atoms with E-state index in [9.17, 15) is 27.2 Å². The highest BCUT2D eigenvalue weighted by molar-refractivity contribution is 5.98. The number of pyridine rings is 1. The van der Waals surface area contributed by atoms with Gasteiger partial charge in [-0.25, -0.2) is 4.98 Å². The summed E-state index contributed by atoms with van der Waals surface area (Å²) >= 11 is 0. The lowest BCUT2D eigenvalue weighted by atomic mass is 10.1. The van der Waals surface area contributed by atoms with Crippen LogP contribution in [0.5, 0.6) is 5.75 Å². The summed E-state index contributed by atoms with van der Waals surface area (Å²) in [6.07, 6.45) is -7.25. The fourth-order valence-corrected chi connectivity index (χ4v) is 3.06. The Balaban J connectivity index is 1.73. The van der Waals surface area contributed by atoms with E-state index < -0.39 is 30.1 Å². The minimum absolute atomic E-state index is 0.188. The molecule has 0 unspecified atom stereocenters. The lowest BCUT2D eigenvalue weighted by molar-refractivity contribution is -0.253. The van der Waals surface area contributed by atoms with Gasteiger partial charge in [0, 0.05) is 32.4 Å². The van der Waals surface area contributed by atoms with Crippen molar-refractivity contribution in [3.05, 3.63) is 53.7 Å². The number of ether oxygens (including phenoxy) is 1. The third kappa shape index (κ3) is 4.44. The number of primary amides is 1. The highest BCUT2D eigenvalue weighted by Crippen LogP contribution is 2.30. The maximum absolute atomic E-state index is 13.3. The highest BCUT2D eigenvalue weighted by atomic mass is 19.3. The summed E-state index contributed by atoms with van der Waals surface area (Å²) in [6.45, 7) is 0.985. The van der Waals surface area contributed by atoms with Gasteiger partial charge in [-0.2, -0.15) is 17.6 Å². The van der Waals surface area contributed by atoms with E-state index in [1.165, 1.54) is 29.3 Å². The molecule has 1 aromatic heterocycles. The zero-order chi connectivity index (χ0) is 21.9. The van der Waals surface area contributed by atoms with E-state index in [2.05, 4.69) is 9.72 Å². The van der Waals surface area contributed by atoms with Crippen LogP contribution in [0.15, 0.2) is 42.6 Å². The van der Waals surface area contributed by atoms with Crippen molar-refractivity contribution in [3.63, 3.8) is 0 Å². The van der Waals surface area contributed by atoms with Crippen molar-refractivity contribution in [2.24, 2.45) is 5.73 Å². The van der Waals surface area contributed by atoms with Crippen molar-refractivity contribution in [1.29, 1.82) is 0 Å². The molecule has 2 aromatic rings. The molecule has 0 radical (unpaired) electrons. The summed E-state index contributed by atoms with van der Waals surface area (Å²) in [7, 11) is 0. The number of benzene rings is 1. The largest absolute Gasteiger partial charge is 0.461 e. The van der Waals surface area contributed by atoms with E-state index in [1.807, 2.05) is 0 Å². The fraction of sp³-hybridized carbons (Fsp3) is 0.316. The molecule has 0 bridgehead atoms. The summed E-state index contributed by atoms with van der Waals surface area (Å²) in [5.41, 5.74) is 5.36. The van der Waals surface area contributed by atoms with Crippen molar-refractivity contribution in [2.45, 2.75) is 12.5 Å². The first-order valence-electron chi connectivity index (χ1n) is 8.93. The van der Waals surface area contributed by atoms with Crippen molar-refractivity contribution in [2.75, 3.05) is 31.1 Å². The topological polar surface area (TPSA) is 88.8 Å². The van der Waals surface area contributed by atoms with Crippen LogP contribution in [-0.4, -0.2) is 60.4 Å². The Hall–Kier alpha value is -3.37. The SMILES string of the molecule is NC(=O)c1cccnc1N1CCN(C(=O)c2ccccc2OC(F)(F)C(F)F)CC1. The van der Waals surface area contributed by atoms with E-state index in [1.54, 1.807) is 17.0 Å². The summed E-state index contributed by atoms with van der Waals surface area (Å²) in [5.74, 6) is -1.51. The lowest BCUT2D eigenvalue weighted by Gasteiger charge is -2.36. The van der Waals surface area contributed by atoms with Gasteiger partial charge in [-0.1, -0.05) is 12.1 Å². The van der Waals surface area contributed by atoms with Crippen molar-refractivity contribution in [3.8, 4) is 5.75 Å². The molecule has 1 aliphatic rings. The van der Waals surface area contributed by atoms with E-state index in [0.717, 1.165) is 6.07 Å². The second kappa shape index (κ2) is 8.56. The summed E-state index contributed by atoms with van der Waals surface area (Å²) in [6, 6.07) is 8.11. The number of nitrogens with two attached hydrogens (primary N) is 1. The van der Waals surface area contributed by atoms with E-state index in [-0.39, 0.29) is 24.2 Å². The number of anilines is 1. The lowest BCUT2D eigenvalue weighted by Crippen LogP contribution is -2.49. The number of alkyl halides is 4. The van der Waals surface area contributed by atoms with Gasteiger partial charge in [0.2, 0.25) is 0 Å². The molecule has 160 valence electrons. The van der Waals surface area contributed by atoms with Gasteiger partial charge in [0.15, 0.2) is 0 Å². The number of carbonyl (C=O) groups excluding carboxylic acids is 2. The predicted molar refractivity (Wildman–Crippen MR) is 98.9 cm³/mol. The molecule has 7 nitrogen and oxygen atoms in total. The minimum atomic E-state index is -4.72. The normalized spacial score (nSPS) is 14.7. The molecule has 11 heteroatoms. The van der Waals surface area contributed by atoms with Gasteiger partial charge in [-0.3, -0.25) is 9.59 Å². The Morgan fingerprint density at radius 2 is 1.67 bits per heavy atom. The number of rotatable bonds is 6. The Morgan fingerprint density at radius 3 is 2.30 bits per heavy atom. The standard InChI is InChI=1S/C19H18F4N4O3/c20-18(21)19(22,23)30-14-6-2-1-4-12(14)17(29)27-10-8-26(9-11-27)16-13(15(24)28)5-3-7-25-16/h1-7,18H,8-11H2,(H2,24,28). The van der Waals surface area contributed by atoms with Crippen LogP contribution in [0.1, 0.15) is 20.7 Å². The van der Waals surface area contributed by atoms with Gasteiger partial charge in [-0.05, 0) is 24.3 Å². The molecular weight excluding hydrogens is 408 g/mol. The predicted octanol–water partition coefficient (Wildman–Crippen LogP) is 2.38. The molecule has 1 saturated heterocycles. The minimum Gasteiger partial charge on any atom is -0.427 e. The average molecular weight is 426 g/mol. The molecule has 1 fully saturated rings. The molecule has 1 aromatic carbocycles. The summed E-state index contributed by atoms with van der Waals surface area (Å²) < 4.78 is 55.7. The molecule has 0 spiro atoms. The van der Waals surface area contributed by atoms with Crippen LogP contribution in [0.2, 0.25) is 0 Å². The maximum atomic E-state index is 13.3. The zero-order valence-corrected chi connectivity index (χ0v) is 15.6. The second-order valence-electron chi connectivity index (χ2n) is 6.48. The average Bonchev–Trinajstić information content (AvgIpc) is 2.73. The fourth-order valence-electron chi connectivity index (χ4n) is 3.06. The van der Waals surface area contributed by atoms with Crippen molar-refractivity contribution >= 4 is 17.6 Å². The number of nitrogens with zero attached hydrogens (tertiary/aromatic N) is 3.